The van der Waals surface area contributed by atoms with E-state index in [0.717, 1.165) is 16.0 Å². The van der Waals surface area contributed by atoms with Crippen molar-refractivity contribution in [3.63, 3.8) is 0 Å². The van der Waals surface area contributed by atoms with Gasteiger partial charge in [-0.25, -0.2) is 0 Å². The molecule has 0 unspecified atom stereocenters. The number of para-hydroxylation sites is 1. The first-order chi connectivity index (χ1) is 8.36. The molecule has 88 valence electrons. The van der Waals surface area contributed by atoms with Crippen molar-refractivity contribution < 1.29 is 0 Å². The van der Waals surface area contributed by atoms with Gasteiger partial charge in [0.05, 0.1) is 5.69 Å². The SMILES string of the molecule is Brc1ccccc1-n1nnnc1C1CCCC1. The number of hydrogen-bond acceptors (Lipinski definition) is 3. The molecule has 1 aliphatic carbocycles. The molecular weight excluding hydrogens is 280 g/mol. The highest BCUT2D eigenvalue weighted by Gasteiger charge is 2.24. The van der Waals surface area contributed by atoms with Gasteiger partial charge in [-0.15, -0.1) is 5.10 Å². The molecule has 4 nitrogen and oxygen atoms in total. The van der Waals surface area contributed by atoms with Crippen molar-refractivity contribution in [1.29, 1.82) is 0 Å². The minimum atomic E-state index is 0.511. The van der Waals surface area contributed by atoms with E-state index in [4.69, 9.17) is 0 Å². The van der Waals surface area contributed by atoms with E-state index in [-0.39, 0.29) is 0 Å². The zero-order valence-corrected chi connectivity index (χ0v) is 11.0. The molecule has 2 aromatic rings. The first-order valence-electron chi connectivity index (χ1n) is 5.89. The Bertz CT molecular complexity index is 517. The van der Waals surface area contributed by atoms with Crippen LogP contribution < -0.4 is 0 Å². The minimum Gasteiger partial charge on any atom is -0.196 e. The summed E-state index contributed by atoms with van der Waals surface area (Å²) in [6.07, 6.45) is 4.97. The lowest BCUT2D eigenvalue weighted by molar-refractivity contribution is 0.635. The van der Waals surface area contributed by atoms with E-state index in [0.29, 0.717) is 5.92 Å². The van der Waals surface area contributed by atoms with Crippen LogP contribution in [0.25, 0.3) is 5.69 Å². The molecule has 3 rings (SSSR count). The summed E-state index contributed by atoms with van der Waals surface area (Å²) in [6, 6.07) is 8.03. The van der Waals surface area contributed by atoms with E-state index < -0.39 is 0 Å². The number of nitrogens with zero attached hydrogens (tertiary/aromatic N) is 4. The van der Waals surface area contributed by atoms with Gasteiger partial charge in [-0.3, -0.25) is 0 Å². The lowest BCUT2D eigenvalue weighted by Crippen LogP contribution is -2.07. The van der Waals surface area contributed by atoms with E-state index in [1.165, 1.54) is 25.7 Å². The maximum absolute atomic E-state index is 4.20. The van der Waals surface area contributed by atoms with Crippen LogP contribution in [0, 0.1) is 0 Å². The molecule has 1 aromatic heterocycles. The first-order valence-corrected chi connectivity index (χ1v) is 6.69. The molecule has 1 heterocycles. The number of tetrazole rings is 1. The lowest BCUT2D eigenvalue weighted by Gasteiger charge is -2.10. The molecule has 0 atom stereocenters. The molecule has 5 heteroatoms. The van der Waals surface area contributed by atoms with Crippen molar-refractivity contribution in [2.45, 2.75) is 31.6 Å². The summed E-state index contributed by atoms with van der Waals surface area (Å²) in [5, 5.41) is 12.1. The molecule has 0 spiro atoms. The summed E-state index contributed by atoms with van der Waals surface area (Å²) in [7, 11) is 0. The average Bonchev–Trinajstić information content (AvgIpc) is 3.00. The van der Waals surface area contributed by atoms with Crippen LogP contribution in [0.1, 0.15) is 37.4 Å². The second kappa shape index (κ2) is 4.56. The predicted molar refractivity (Wildman–Crippen MR) is 68.1 cm³/mol. The highest BCUT2D eigenvalue weighted by molar-refractivity contribution is 9.10. The van der Waals surface area contributed by atoms with Gasteiger partial charge in [-0.2, -0.15) is 4.68 Å². The second-order valence-electron chi connectivity index (χ2n) is 4.38. The number of benzene rings is 1. The summed E-state index contributed by atoms with van der Waals surface area (Å²) < 4.78 is 2.88. The van der Waals surface area contributed by atoms with Crippen LogP contribution in [0.3, 0.4) is 0 Å². The molecular formula is C12H13BrN4. The van der Waals surface area contributed by atoms with Crippen molar-refractivity contribution in [3.8, 4) is 5.69 Å². The number of aromatic nitrogens is 4. The van der Waals surface area contributed by atoms with Gasteiger partial charge in [-0.1, -0.05) is 25.0 Å². The van der Waals surface area contributed by atoms with Gasteiger partial charge >= 0.3 is 0 Å². The van der Waals surface area contributed by atoms with Crippen LogP contribution in [0.4, 0.5) is 0 Å². The molecule has 1 aromatic carbocycles. The first kappa shape index (κ1) is 10.9. The zero-order chi connectivity index (χ0) is 11.7. The maximum atomic E-state index is 4.20. The Morgan fingerprint density at radius 2 is 1.94 bits per heavy atom. The highest BCUT2D eigenvalue weighted by atomic mass is 79.9. The van der Waals surface area contributed by atoms with E-state index in [1.54, 1.807) is 0 Å². The second-order valence-corrected chi connectivity index (χ2v) is 5.24. The molecule has 0 radical (unpaired) electrons. The van der Waals surface area contributed by atoms with Gasteiger partial charge in [-0.05, 0) is 51.3 Å². The van der Waals surface area contributed by atoms with Crippen molar-refractivity contribution in [2.24, 2.45) is 0 Å². The monoisotopic (exact) mass is 292 g/mol. The number of rotatable bonds is 2. The minimum absolute atomic E-state index is 0.511. The highest BCUT2D eigenvalue weighted by Crippen LogP contribution is 2.34. The molecule has 1 fully saturated rings. The Hall–Kier alpha value is -1.23. The zero-order valence-electron chi connectivity index (χ0n) is 9.38. The number of halogens is 1. The summed E-state index contributed by atoms with van der Waals surface area (Å²) in [4.78, 5) is 0. The fourth-order valence-electron chi connectivity index (χ4n) is 2.43. The van der Waals surface area contributed by atoms with Crippen LogP contribution >= 0.6 is 15.9 Å². The van der Waals surface area contributed by atoms with Crippen LogP contribution in [0.5, 0.6) is 0 Å². The third-order valence-electron chi connectivity index (χ3n) is 3.29. The molecule has 0 bridgehead atoms. The van der Waals surface area contributed by atoms with Crippen LogP contribution in [0.15, 0.2) is 28.7 Å². The van der Waals surface area contributed by atoms with Gasteiger partial charge in [0.2, 0.25) is 0 Å². The van der Waals surface area contributed by atoms with Crippen LogP contribution in [-0.4, -0.2) is 20.2 Å². The van der Waals surface area contributed by atoms with Gasteiger partial charge < -0.3 is 0 Å². The van der Waals surface area contributed by atoms with E-state index >= 15 is 0 Å². The molecule has 1 aliphatic rings. The fourth-order valence-corrected chi connectivity index (χ4v) is 2.88. The van der Waals surface area contributed by atoms with Crippen molar-refractivity contribution in [1.82, 2.24) is 20.2 Å². The van der Waals surface area contributed by atoms with Crippen molar-refractivity contribution in [2.75, 3.05) is 0 Å². The molecule has 0 saturated heterocycles. The Balaban J connectivity index is 2.04. The average molecular weight is 293 g/mol. The van der Waals surface area contributed by atoms with Gasteiger partial charge in [0.25, 0.3) is 0 Å². The standard InChI is InChI=1S/C12H13BrN4/c13-10-7-3-4-8-11(10)17-12(14-15-16-17)9-5-1-2-6-9/h3-4,7-9H,1-2,5-6H2. The van der Waals surface area contributed by atoms with Gasteiger partial charge in [0, 0.05) is 10.4 Å². The summed E-state index contributed by atoms with van der Waals surface area (Å²) in [5.41, 5.74) is 1.01. The van der Waals surface area contributed by atoms with Crippen LogP contribution in [-0.2, 0) is 0 Å². The smallest absolute Gasteiger partial charge is 0.159 e. The third-order valence-corrected chi connectivity index (χ3v) is 3.97. The summed E-state index contributed by atoms with van der Waals surface area (Å²) in [6.45, 7) is 0. The molecule has 17 heavy (non-hydrogen) atoms. The Kier molecular flexibility index (Phi) is 2.93. The third kappa shape index (κ3) is 1.99. The Morgan fingerprint density at radius 1 is 1.18 bits per heavy atom. The van der Waals surface area contributed by atoms with E-state index in [9.17, 15) is 0 Å². The molecule has 0 aliphatic heterocycles. The fraction of sp³-hybridized carbons (Fsp3) is 0.417. The Morgan fingerprint density at radius 3 is 2.71 bits per heavy atom. The Labute approximate surface area is 108 Å². The van der Waals surface area contributed by atoms with E-state index in [1.807, 2.05) is 28.9 Å². The van der Waals surface area contributed by atoms with E-state index in [2.05, 4.69) is 31.5 Å². The largest absolute Gasteiger partial charge is 0.196 e. The lowest BCUT2D eigenvalue weighted by atomic mass is 10.1. The number of hydrogen-bond donors (Lipinski definition) is 0. The molecule has 1 saturated carbocycles. The summed E-state index contributed by atoms with van der Waals surface area (Å²) >= 11 is 3.54. The van der Waals surface area contributed by atoms with Gasteiger partial charge in [0.1, 0.15) is 0 Å². The van der Waals surface area contributed by atoms with Crippen molar-refractivity contribution in [3.05, 3.63) is 34.6 Å². The topological polar surface area (TPSA) is 43.6 Å². The molecule has 0 amide bonds. The quantitative estimate of drug-likeness (QED) is 0.854. The molecule has 0 N–H and O–H groups in total. The van der Waals surface area contributed by atoms with Crippen LogP contribution in [0.2, 0.25) is 0 Å². The predicted octanol–water partition coefficient (Wildman–Crippen LogP) is 3.08. The maximum Gasteiger partial charge on any atom is 0.159 e. The summed E-state index contributed by atoms with van der Waals surface area (Å²) in [5.74, 6) is 1.51. The van der Waals surface area contributed by atoms with Gasteiger partial charge in [0.15, 0.2) is 5.82 Å². The van der Waals surface area contributed by atoms with Crippen molar-refractivity contribution >= 4 is 15.9 Å². The normalized spacial score (nSPS) is 16.5.